The number of imidazole rings is 1. The molecule has 0 bridgehead atoms. The maximum absolute atomic E-state index is 11.2. The molecular weight excluding hydrogens is 252 g/mol. The Kier molecular flexibility index (Phi) is 4.47. The number of nitrogens with zero attached hydrogens (tertiary/aromatic N) is 3. The molecule has 1 atom stereocenters. The van der Waals surface area contributed by atoms with E-state index >= 15 is 0 Å². The molecule has 0 amide bonds. The van der Waals surface area contributed by atoms with Gasteiger partial charge in [-0.25, -0.2) is 4.79 Å². The zero-order chi connectivity index (χ0) is 14.7. The molecule has 0 aliphatic rings. The second-order valence-corrected chi connectivity index (χ2v) is 4.54. The van der Waals surface area contributed by atoms with E-state index in [1.165, 1.54) is 0 Å². The molecule has 0 fully saturated rings. The van der Waals surface area contributed by atoms with Gasteiger partial charge in [0.15, 0.2) is 0 Å². The van der Waals surface area contributed by atoms with Crippen molar-refractivity contribution in [2.75, 3.05) is 5.32 Å². The largest absolute Gasteiger partial charge is 0.480 e. The fourth-order valence-corrected chi connectivity index (χ4v) is 1.87. The first kappa shape index (κ1) is 14.9. The van der Waals surface area contributed by atoms with Crippen LogP contribution in [-0.2, 0) is 11.3 Å². The standard InChI is InChI=1S/C11H18N4O4/c1-5-14-7(4)12-10(15(18)19)9(14)13-8(6(2)3)11(16)17/h6,8,13H,5H2,1-4H3,(H,16,17)/t8-/m0/s1. The Hall–Kier alpha value is -2.12. The number of carboxylic acids is 1. The summed E-state index contributed by atoms with van der Waals surface area (Å²) in [5, 5.41) is 22.8. The maximum atomic E-state index is 11.2. The van der Waals surface area contributed by atoms with Crippen LogP contribution in [0.5, 0.6) is 0 Å². The number of aryl methyl sites for hydroxylation is 1. The van der Waals surface area contributed by atoms with Crippen molar-refractivity contribution in [3.05, 3.63) is 15.9 Å². The highest BCUT2D eigenvalue weighted by Gasteiger charge is 2.30. The fraction of sp³-hybridized carbons (Fsp3) is 0.636. The normalized spacial score (nSPS) is 12.5. The Morgan fingerprint density at radius 2 is 2.16 bits per heavy atom. The number of aliphatic carboxylic acids is 1. The summed E-state index contributed by atoms with van der Waals surface area (Å²) in [6.07, 6.45) is 0. The van der Waals surface area contributed by atoms with Gasteiger partial charge >= 0.3 is 11.8 Å². The topological polar surface area (TPSA) is 110 Å². The summed E-state index contributed by atoms with van der Waals surface area (Å²) in [4.78, 5) is 25.4. The van der Waals surface area contributed by atoms with Crippen LogP contribution in [0.1, 0.15) is 26.6 Å². The molecular formula is C11H18N4O4. The van der Waals surface area contributed by atoms with Crippen LogP contribution in [-0.4, -0.2) is 31.6 Å². The molecule has 0 unspecified atom stereocenters. The molecule has 0 aromatic carbocycles. The predicted molar refractivity (Wildman–Crippen MR) is 69.2 cm³/mol. The molecule has 0 spiro atoms. The van der Waals surface area contributed by atoms with Crippen LogP contribution in [0.4, 0.5) is 11.6 Å². The van der Waals surface area contributed by atoms with Crippen molar-refractivity contribution in [3.8, 4) is 0 Å². The van der Waals surface area contributed by atoms with Gasteiger partial charge in [-0.1, -0.05) is 13.8 Å². The number of aromatic nitrogens is 2. The Bertz CT molecular complexity index is 495. The molecule has 1 rings (SSSR count). The minimum absolute atomic E-state index is 0.145. The second-order valence-electron chi connectivity index (χ2n) is 4.54. The molecule has 2 N–H and O–H groups in total. The lowest BCUT2D eigenvalue weighted by atomic mass is 10.1. The summed E-state index contributed by atoms with van der Waals surface area (Å²) in [7, 11) is 0. The van der Waals surface area contributed by atoms with Crippen LogP contribution in [0.25, 0.3) is 0 Å². The third-order valence-corrected chi connectivity index (χ3v) is 2.85. The van der Waals surface area contributed by atoms with Gasteiger partial charge < -0.3 is 20.5 Å². The van der Waals surface area contributed by atoms with E-state index < -0.39 is 16.9 Å². The Morgan fingerprint density at radius 1 is 1.58 bits per heavy atom. The van der Waals surface area contributed by atoms with Gasteiger partial charge in [0.25, 0.3) is 0 Å². The van der Waals surface area contributed by atoms with E-state index in [2.05, 4.69) is 10.3 Å². The third-order valence-electron chi connectivity index (χ3n) is 2.85. The average molecular weight is 270 g/mol. The van der Waals surface area contributed by atoms with Gasteiger partial charge in [0.1, 0.15) is 6.04 Å². The monoisotopic (exact) mass is 270 g/mol. The van der Waals surface area contributed by atoms with Crippen LogP contribution in [0.15, 0.2) is 0 Å². The van der Waals surface area contributed by atoms with Crippen molar-refractivity contribution in [1.82, 2.24) is 9.55 Å². The second kappa shape index (κ2) is 5.68. The van der Waals surface area contributed by atoms with Crippen molar-refractivity contribution < 1.29 is 14.8 Å². The number of carbonyl (C=O) groups is 1. The van der Waals surface area contributed by atoms with Gasteiger partial charge in [0.2, 0.25) is 11.6 Å². The molecule has 1 aromatic heterocycles. The molecule has 8 nitrogen and oxygen atoms in total. The van der Waals surface area contributed by atoms with Crippen LogP contribution < -0.4 is 5.32 Å². The van der Waals surface area contributed by atoms with E-state index in [1.807, 2.05) is 6.92 Å². The first-order valence-electron chi connectivity index (χ1n) is 6.00. The molecule has 0 aliphatic carbocycles. The van der Waals surface area contributed by atoms with E-state index in [1.54, 1.807) is 25.3 Å². The Balaban J connectivity index is 3.24. The lowest BCUT2D eigenvalue weighted by Gasteiger charge is -2.19. The first-order valence-corrected chi connectivity index (χ1v) is 6.00. The number of carboxylic acid groups (broad SMARTS) is 1. The molecule has 8 heteroatoms. The van der Waals surface area contributed by atoms with Crippen molar-refractivity contribution in [3.63, 3.8) is 0 Å². The van der Waals surface area contributed by atoms with Crippen LogP contribution in [0.2, 0.25) is 0 Å². The number of hydrogen-bond donors (Lipinski definition) is 2. The summed E-state index contributed by atoms with van der Waals surface area (Å²) < 4.78 is 1.59. The zero-order valence-corrected chi connectivity index (χ0v) is 11.4. The lowest BCUT2D eigenvalue weighted by molar-refractivity contribution is -0.388. The Labute approximate surface area is 110 Å². The number of rotatable bonds is 6. The first-order chi connectivity index (χ1) is 8.79. The molecule has 1 aromatic rings. The van der Waals surface area contributed by atoms with Gasteiger partial charge in [-0.3, -0.25) is 4.57 Å². The molecule has 0 saturated carbocycles. The van der Waals surface area contributed by atoms with Crippen molar-refractivity contribution >= 4 is 17.6 Å². The molecule has 1 heterocycles. The van der Waals surface area contributed by atoms with Crippen molar-refractivity contribution in [2.45, 2.75) is 40.3 Å². The van der Waals surface area contributed by atoms with Crippen molar-refractivity contribution in [2.24, 2.45) is 5.92 Å². The Morgan fingerprint density at radius 3 is 2.53 bits per heavy atom. The van der Waals surface area contributed by atoms with E-state index in [9.17, 15) is 14.9 Å². The van der Waals surface area contributed by atoms with E-state index in [-0.39, 0.29) is 17.6 Å². The summed E-state index contributed by atoms with van der Waals surface area (Å²) in [5.74, 6) is -0.981. The van der Waals surface area contributed by atoms with E-state index in [0.717, 1.165) is 0 Å². The lowest BCUT2D eigenvalue weighted by Crippen LogP contribution is -2.35. The fourth-order valence-electron chi connectivity index (χ4n) is 1.87. The number of nitro groups is 1. The number of hydrogen-bond acceptors (Lipinski definition) is 5. The minimum atomic E-state index is -1.05. The van der Waals surface area contributed by atoms with Crippen LogP contribution in [0, 0.1) is 23.0 Å². The molecule has 106 valence electrons. The van der Waals surface area contributed by atoms with Gasteiger partial charge in [-0.15, -0.1) is 0 Å². The maximum Gasteiger partial charge on any atom is 0.406 e. The van der Waals surface area contributed by atoms with Gasteiger partial charge in [-0.2, -0.15) is 0 Å². The SMILES string of the molecule is CCn1c(C)nc([N+](=O)[O-])c1N[C@H](C(=O)O)C(C)C. The number of nitrogens with one attached hydrogen (secondary N) is 1. The van der Waals surface area contributed by atoms with Crippen LogP contribution >= 0.6 is 0 Å². The quantitative estimate of drug-likeness (QED) is 0.600. The highest BCUT2D eigenvalue weighted by molar-refractivity contribution is 5.78. The summed E-state index contributed by atoms with van der Waals surface area (Å²) in [6, 6.07) is -0.903. The minimum Gasteiger partial charge on any atom is -0.480 e. The third kappa shape index (κ3) is 3.01. The highest BCUT2D eigenvalue weighted by Crippen LogP contribution is 2.26. The van der Waals surface area contributed by atoms with Crippen molar-refractivity contribution in [1.29, 1.82) is 0 Å². The molecule has 19 heavy (non-hydrogen) atoms. The summed E-state index contributed by atoms with van der Waals surface area (Å²) >= 11 is 0. The van der Waals surface area contributed by atoms with Crippen LogP contribution in [0.3, 0.4) is 0 Å². The molecule has 0 aliphatic heterocycles. The van der Waals surface area contributed by atoms with Gasteiger partial charge in [0.05, 0.1) is 0 Å². The highest BCUT2D eigenvalue weighted by atomic mass is 16.6. The van der Waals surface area contributed by atoms with E-state index in [4.69, 9.17) is 5.11 Å². The van der Waals surface area contributed by atoms with E-state index in [0.29, 0.717) is 12.4 Å². The summed E-state index contributed by atoms with van der Waals surface area (Å²) in [5.41, 5.74) is 0. The molecule has 0 radical (unpaired) electrons. The summed E-state index contributed by atoms with van der Waals surface area (Å²) in [6.45, 7) is 7.40. The number of anilines is 1. The average Bonchev–Trinajstić information content (AvgIpc) is 2.61. The molecule has 0 saturated heterocycles. The smallest absolute Gasteiger partial charge is 0.406 e. The zero-order valence-electron chi connectivity index (χ0n) is 11.4. The van der Waals surface area contributed by atoms with Gasteiger partial charge in [-0.05, 0) is 22.7 Å². The van der Waals surface area contributed by atoms with Gasteiger partial charge in [0, 0.05) is 13.5 Å². The predicted octanol–water partition coefficient (Wildman–Crippen LogP) is 1.64.